The van der Waals surface area contributed by atoms with Gasteiger partial charge in [-0.05, 0) is 12.3 Å². The monoisotopic (exact) mass is 231 g/mol. The highest BCUT2D eigenvalue weighted by Crippen LogP contribution is 2.16. The van der Waals surface area contributed by atoms with Crippen LogP contribution in [0.2, 0.25) is 0 Å². The predicted octanol–water partition coefficient (Wildman–Crippen LogP) is 2.29. The Kier molecular flexibility index (Phi) is 8.33. The fourth-order valence-corrected chi connectivity index (χ4v) is 1.41. The van der Waals surface area contributed by atoms with E-state index in [-0.39, 0.29) is 0 Å². The Labute approximate surface area is 96.9 Å². The first-order valence-electron chi connectivity index (χ1n) is 5.61. The van der Waals surface area contributed by atoms with Gasteiger partial charge in [-0.1, -0.05) is 33.1 Å². The molecular weight excluding hydrogens is 208 g/mol. The molecule has 0 bridgehead atoms. The highest BCUT2D eigenvalue weighted by molar-refractivity contribution is 6.12. The summed E-state index contributed by atoms with van der Waals surface area (Å²) in [6, 6.07) is 0. The molecule has 0 heterocycles. The lowest BCUT2D eigenvalue weighted by molar-refractivity contribution is -0.307. The van der Waals surface area contributed by atoms with Crippen LogP contribution in [0, 0.1) is 5.92 Å². The number of methoxy groups -OCH3 is 2. The molecule has 0 saturated carbocycles. The van der Waals surface area contributed by atoms with Crippen molar-refractivity contribution in [3.05, 3.63) is 0 Å². The molecule has 15 heavy (non-hydrogen) atoms. The molecule has 0 aliphatic carbocycles. The normalized spacial score (nSPS) is 14.2. The average Bonchev–Trinajstić information content (AvgIpc) is 2.29. The van der Waals surface area contributed by atoms with Crippen LogP contribution < -0.4 is 0 Å². The van der Waals surface area contributed by atoms with E-state index in [1.54, 1.807) is 14.2 Å². The van der Waals surface area contributed by atoms with E-state index in [0.717, 1.165) is 6.42 Å². The third-order valence-corrected chi connectivity index (χ3v) is 3.14. The van der Waals surface area contributed by atoms with Gasteiger partial charge in [0.05, 0.1) is 6.61 Å². The fraction of sp³-hybridized carbons (Fsp3) is 1.00. The van der Waals surface area contributed by atoms with Crippen molar-refractivity contribution in [2.75, 3.05) is 20.8 Å². The van der Waals surface area contributed by atoms with E-state index in [2.05, 4.69) is 24.1 Å². The fourth-order valence-electron chi connectivity index (χ4n) is 1.33. The van der Waals surface area contributed by atoms with Crippen molar-refractivity contribution in [2.45, 2.75) is 45.1 Å². The smallest absolute Gasteiger partial charge is 0.248 e. The maximum atomic E-state index is 5.55. The van der Waals surface area contributed by atoms with Gasteiger partial charge in [-0.2, -0.15) is 0 Å². The van der Waals surface area contributed by atoms with Crippen molar-refractivity contribution in [1.82, 2.24) is 0 Å². The van der Waals surface area contributed by atoms with Crippen LogP contribution in [0.3, 0.4) is 0 Å². The van der Waals surface area contributed by atoms with Crippen LogP contribution in [-0.2, 0) is 14.2 Å². The van der Waals surface area contributed by atoms with Gasteiger partial charge < -0.3 is 14.2 Å². The molecule has 0 aliphatic heterocycles. The predicted molar refractivity (Wildman–Crippen MR) is 61.8 cm³/mol. The van der Waals surface area contributed by atoms with Crippen molar-refractivity contribution in [3.8, 4) is 0 Å². The van der Waals surface area contributed by atoms with Gasteiger partial charge in [0.1, 0.15) is 0 Å². The summed E-state index contributed by atoms with van der Waals surface area (Å²) < 4.78 is 15.7. The Bertz CT molecular complexity index is 149. The van der Waals surface area contributed by atoms with Gasteiger partial charge in [0.25, 0.3) is 0 Å². The van der Waals surface area contributed by atoms with Gasteiger partial charge in [0.2, 0.25) is 5.60 Å². The van der Waals surface area contributed by atoms with Gasteiger partial charge in [-0.15, -0.1) is 0 Å². The molecule has 0 aromatic heterocycles. The number of hydrogen-bond acceptors (Lipinski definition) is 3. The zero-order valence-electron chi connectivity index (χ0n) is 10.3. The summed E-state index contributed by atoms with van der Waals surface area (Å²) in [6.07, 6.45) is 4.79. The second-order valence-corrected chi connectivity index (χ2v) is 4.30. The van der Waals surface area contributed by atoms with E-state index < -0.39 is 5.60 Å². The van der Waals surface area contributed by atoms with Crippen molar-refractivity contribution in [2.24, 2.45) is 5.92 Å². The number of hydrogen-bond donors (Lipinski definition) is 0. The van der Waals surface area contributed by atoms with Crippen molar-refractivity contribution in [1.29, 1.82) is 0 Å². The molecule has 1 atom stereocenters. The molecule has 3 nitrogen and oxygen atoms in total. The second-order valence-electron chi connectivity index (χ2n) is 3.69. The van der Waals surface area contributed by atoms with Crippen LogP contribution in [0.5, 0.6) is 0 Å². The van der Waals surface area contributed by atoms with Crippen LogP contribution in [0.4, 0.5) is 0 Å². The molecule has 0 fully saturated rings. The molecule has 0 aromatic carbocycles. The van der Waals surface area contributed by atoms with Crippen molar-refractivity contribution in [3.63, 3.8) is 0 Å². The maximum Gasteiger partial charge on any atom is 0.248 e. The average molecular weight is 231 g/mol. The summed E-state index contributed by atoms with van der Waals surface area (Å²) >= 11 is 0. The number of unbranched alkanes of at least 4 members (excludes halogenated alkanes) is 1. The van der Waals surface area contributed by atoms with Crippen LogP contribution in [0.15, 0.2) is 0 Å². The molecular formula is C11H23O3Si. The zero-order chi connectivity index (χ0) is 11.7. The number of ether oxygens (including phenoxy) is 3. The summed E-state index contributed by atoms with van der Waals surface area (Å²) in [5.41, 5.74) is -1.08. The molecule has 89 valence electrons. The van der Waals surface area contributed by atoms with Crippen LogP contribution in [0.25, 0.3) is 0 Å². The maximum absolute atomic E-state index is 5.55. The molecule has 3 radical (unpaired) electrons. The lowest BCUT2D eigenvalue weighted by Crippen LogP contribution is -2.39. The Morgan fingerprint density at radius 2 is 1.80 bits per heavy atom. The summed E-state index contributed by atoms with van der Waals surface area (Å²) in [5, 5.41) is 0. The summed E-state index contributed by atoms with van der Waals surface area (Å²) in [5.74, 6) is 0.575. The minimum atomic E-state index is -1.08. The standard InChI is InChI=1S/C11H23O3Si/c1-5-7-8-10(6-2)9-14-11(15,12-3)13-4/h10H,5-9H2,1-4H3. The minimum absolute atomic E-state index is 0.575. The lowest BCUT2D eigenvalue weighted by Gasteiger charge is -2.28. The van der Waals surface area contributed by atoms with Gasteiger partial charge in [0.15, 0.2) is 10.2 Å². The van der Waals surface area contributed by atoms with Gasteiger partial charge >= 0.3 is 0 Å². The zero-order valence-corrected chi connectivity index (χ0v) is 11.3. The molecule has 0 rings (SSSR count). The SMILES string of the molecule is CCCCC(CC)COC([Si])(OC)OC. The Morgan fingerprint density at radius 3 is 2.20 bits per heavy atom. The largest absolute Gasteiger partial charge is 0.336 e. The quantitative estimate of drug-likeness (QED) is 0.450. The molecule has 4 heteroatoms. The van der Waals surface area contributed by atoms with Gasteiger partial charge in [0, 0.05) is 14.2 Å². The van der Waals surface area contributed by atoms with E-state index >= 15 is 0 Å². The lowest BCUT2D eigenvalue weighted by atomic mass is 10.0. The van der Waals surface area contributed by atoms with Crippen LogP contribution in [0.1, 0.15) is 39.5 Å². The minimum Gasteiger partial charge on any atom is -0.336 e. The third-order valence-electron chi connectivity index (χ3n) is 2.59. The van der Waals surface area contributed by atoms with Gasteiger partial charge in [-0.3, -0.25) is 0 Å². The molecule has 0 amide bonds. The molecule has 0 aromatic rings. The highest BCUT2D eigenvalue weighted by atomic mass is 28.1. The Hall–Kier alpha value is 0.0969. The van der Waals surface area contributed by atoms with E-state index in [0.29, 0.717) is 12.5 Å². The second kappa shape index (κ2) is 8.27. The Balaban J connectivity index is 3.87. The molecule has 0 spiro atoms. The first-order chi connectivity index (χ1) is 7.11. The van der Waals surface area contributed by atoms with Gasteiger partial charge in [-0.25, -0.2) is 0 Å². The summed E-state index contributed by atoms with van der Waals surface area (Å²) in [7, 11) is 6.39. The first kappa shape index (κ1) is 15.1. The van der Waals surface area contributed by atoms with E-state index in [1.807, 2.05) is 0 Å². The van der Waals surface area contributed by atoms with Crippen LogP contribution >= 0.6 is 0 Å². The third kappa shape index (κ3) is 6.30. The van der Waals surface area contributed by atoms with Crippen molar-refractivity contribution >= 4 is 10.2 Å². The summed E-state index contributed by atoms with van der Waals surface area (Å²) in [6.45, 7) is 5.03. The molecule has 0 saturated heterocycles. The summed E-state index contributed by atoms with van der Waals surface area (Å²) in [4.78, 5) is 0. The first-order valence-corrected chi connectivity index (χ1v) is 6.11. The molecule has 0 aliphatic rings. The Morgan fingerprint density at radius 1 is 1.20 bits per heavy atom. The van der Waals surface area contributed by atoms with Crippen molar-refractivity contribution < 1.29 is 14.2 Å². The van der Waals surface area contributed by atoms with E-state index in [9.17, 15) is 0 Å². The van der Waals surface area contributed by atoms with E-state index in [1.165, 1.54) is 19.3 Å². The van der Waals surface area contributed by atoms with Crippen LogP contribution in [-0.4, -0.2) is 36.7 Å². The molecule has 1 unspecified atom stereocenters. The van der Waals surface area contributed by atoms with E-state index in [4.69, 9.17) is 14.2 Å². The highest BCUT2D eigenvalue weighted by Gasteiger charge is 2.24. The number of rotatable bonds is 9. The topological polar surface area (TPSA) is 27.7 Å². The molecule has 0 N–H and O–H groups in total.